The zero-order valence-electron chi connectivity index (χ0n) is 20.7. The van der Waals surface area contributed by atoms with Crippen molar-refractivity contribution in [2.75, 3.05) is 13.7 Å². The van der Waals surface area contributed by atoms with Crippen molar-refractivity contribution < 1.29 is 14.3 Å². The van der Waals surface area contributed by atoms with Gasteiger partial charge in [-0.15, -0.1) is 0 Å². The molecule has 2 amide bonds. The molecular formula is C29H32Cl2N2O3. The van der Waals surface area contributed by atoms with Gasteiger partial charge in [0.05, 0.1) is 13.5 Å². The molecule has 0 aliphatic carbocycles. The van der Waals surface area contributed by atoms with Crippen LogP contribution in [-0.4, -0.2) is 36.4 Å². The highest BCUT2D eigenvalue weighted by Crippen LogP contribution is 2.27. The summed E-state index contributed by atoms with van der Waals surface area (Å²) in [6.45, 7) is 2.73. The van der Waals surface area contributed by atoms with E-state index in [2.05, 4.69) is 12.2 Å². The zero-order valence-corrected chi connectivity index (χ0v) is 22.2. The molecule has 3 aromatic carbocycles. The normalized spacial score (nSPS) is 11.6. The van der Waals surface area contributed by atoms with Crippen LogP contribution in [0, 0.1) is 0 Å². The summed E-state index contributed by atoms with van der Waals surface area (Å²) in [7, 11) is 1.60. The molecule has 0 aromatic heterocycles. The average Bonchev–Trinajstić information content (AvgIpc) is 2.88. The standard InChI is InChI=1S/C29H32Cl2N2O3/c1-3-4-17-32-29(35)27(18-21-9-6-5-7-10-21)33(20-24-25(30)11-8-12-26(24)31)28(34)19-22-13-15-23(36-2)16-14-22/h5-16,27H,3-4,17-20H2,1-2H3,(H,32,35)/t27-/m0/s1. The molecule has 0 saturated carbocycles. The van der Waals surface area contributed by atoms with Crippen LogP contribution in [0.15, 0.2) is 72.8 Å². The third kappa shape index (κ3) is 7.74. The highest BCUT2D eigenvalue weighted by molar-refractivity contribution is 6.36. The van der Waals surface area contributed by atoms with Crippen LogP contribution in [0.25, 0.3) is 0 Å². The molecule has 0 saturated heterocycles. The van der Waals surface area contributed by atoms with Crippen LogP contribution in [0.4, 0.5) is 0 Å². The Morgan fingerprint density at radius 1 is 0.917 bits per heavy atom. The molecule has 0 fully saturated rings. The fourth-order valence-corrected chi connectivity index (χ4v) is 4.45. The quantitative estimate of drug-likeness (QED) is 0.290. The van der Waals surface area contributed by atoms with Gasteiger partial charge >= 0.3 is 0 Å². The SMILES string of the molecule is CCCCNC(=O)[C@H](Cc1ccccc1)N(Cc1c(Cl)cccc1Cl)C(=O)Cc1ccc(OC)cc1. The Balaban J connectivity index is 1.97. The number of nitrogens with one attached hydrogen (secondary N) is 1. The highest BCUT2D eigenvalue weighted by atomic mass is 35.5. The van der Waals surface area contributed by atoms with E-state index in [1.54, 1.807) is 30.2 Å². The molecule has 1 atom stereocenters. The number of hydrogen-bond donors (Lipinski definition) is 1. The molecule has 1 N–H and O–H groups in total. The highest BCUT2D eigenvalue weighted by Gasteiger charge is 2.31. The van der Waals surface area contributed by atoms with Crippen molar-refractivity contribution in [1.29, 1.82) is 0 Å². The number of carbonyl (C=O) groups excluding carboxylic acids is 2. The lowest BCUT2D eigenvalue weighted by Crippen LogP contribution is -2.51. The lowest BCUT2D eigenvalue weighted by atomic mass is 10.0. The fraction of sp³-hybridized carbons (Fsp3) is 0.310. The van der Waals surface area contributed by atoms with E-state index >= 15 is 0 Å². The van der Waals surface area contributed by atoms with Crippen molar-refractivity contribution in [1.82, 2.24) is 10.2 Å². The van der Waals surface area contributed by atoms with Crippen LogP contribution in [0.5, 0.6) is 5.75 Å². The number of methoxy groups -OCH3 is 1. The summed E-state index contributed by atoms with van der Waals surface area (Å²) in [4.78, 5) is 28.9. The molecule has 0 radical (unpaired) electrons. The van der Waals surface area contributed by atoms with Gasteiger partial charge in [0.25, 0.3) is 0 Å². The number of unbranched alkanes of at least 4 members (excludes halogenated alkanes) is 1. The van der Waals surface area contributed by atoms with Gasteiger partial charge in [-0.3, -0.25) is 9.59 Å². The lowest BCUT2D eigenvalue weighted by molar-refractivity contribution is -0.140. The van der Waals surface area contributed by atoms with Crippen LogP contribution in [0.2, 0.25) is 10.0 Å². The predicted molar refractivity (Wildman–Crippen MR) is 146 cm³/mol. The van der Waals surface area contributed by atoms with E-state index in [0.29, 0.717) is 34.3 Å². The summed E-state index contributed by atoms with van der Waals surface area (Å²) in [5.41, 5.74) is 2.39. The number of halogens is 2. The minimum absolute atomic E-state index is 0.117. The van der Waals surface area contributed by atoms with E-state index in [1.165, 1.54) is 0 Å². The smallest absolute Gasteiger partial charge is 0.243 e. The lowest BCUT2D eigenvalue weighted by Gasteiger charge is -2.32. The molecule has 5 nitrogen and oxygen atoms in total. The molecule has 3 rings (SSSR count). The number of carbonyl (C=O) groups is 2. The number of hydrogen-bond acceptors (Lipinski definition) is 3. The maximum atomic E-state index is 13.8. The predicted octanol–water partition coefficient (Wildman–Crippen LogP) is 6.10. The van der Waals surface area contributed by atoms with Gasteiger partial charge in [0.15, 0.2) is 0 Å². The minimum Gasteiger partial charge on any atom is -0.497 e. The topological polar surface area (TPSA) is 58.6 Å². The summed E-state index contributed by atoms with van der Waals surface area (Å²) in [6.07, 6.45) is 2.31. The first-order valence-electron chi connectivity index (χ1n) is 12.1. The summed E-state index contributed by atoms with van der Waals surface area (Å²) in [5.74, 6) is 0.324. The Labute approximate surface area is 223 Å². The number of nitrogens with zero attached hydrogens (tertiary/aromatic N) is 1. The van der Waals surface area contributed by atoms with E-state index in [1.807, 2.05) is 54.6 Å². The first-order valence-corrected chi connectivity index (χ1v) is 12.9. The number of rotatable bonds is 12. The zero-order chi connectivity index (χ0) is 25.9. The van der Waals surface area contributed by atoms with Crippen molar-refractivity contribution >= 4 is 35.0 Å². The van der Waals surface area contributed by atoms with Gasteiger partial charge in [0, 0.05) is 35.1 Å². The Kier molecular flexibility index (Phi) is 10.6. The van der Waals surface area contributed by atoms with E-state index in [0.717, 1.165) is 24.0 Å². The third-order valence-electron chi connectivity index (χ3n) is 6.01. The van der Waals surface area contributed by atoms with Gasteiger partial charge in [-0.05, 0) is 41.8 Å². The Morgan fingerprint density at radius 3 is 2.19 bits per heavy atom. The van der Waals surface area contributed by atoms with Crippen molar-refractivity contribution in [3.63, 3.8) is 0 Å². The molecular weight excluding hydrogens is 495 g/mol. The van der Waals surface area contributed by atoms with Gasteiger partial charge in [0.2, 0.25) is 11.8 Å². The van der Waals surface area contributed by atoms with Crippen molar-refractivity contribution in [2.45, 2.75) is 45.2 Å². The molecule has 0 aliphatic rings. The largest absolute Gasteiger partial charge is 0.497 e. The van der Waals surface area contributed by atoms with Crippen molar-refractivity contribution in [3.05, 3.63) is 99.5 Å². The van der Waals surface area contributed by atoms with Gasteiger partial charge < -0.3 is 15.0 Å². The molecule has 7 heteroatoms. The molecule has 3 aromatic rings. The van der Waals surface area contributed by atoms with Gasteiger partial charge in [-0.25, -0.2) is 0 Å². The van der Waals surface area contributed by atoms with Crippen LogP contribution in [-0.2, 0) is 29.0 Å². The summed E-state index contributed by atoms with van der Waals surface area (Å²) < 4.78 is 5.23. The first-order chi connectivity index (χ1) is 17.4. The summed E-state index contributed by atoms with van der Waals surface area (Å²) in [6, 6.07) is 21.5. The second-order valence-corrected chi connectivity index (χ2v) is 9.41. The van der Waals surface area contributed by atoms with E-state index < -0.39 is 6.04 Å². The van der Waals surface area contributed by atoms with Crippen molar-refractivity contribution in [3.8, 4) is 5.75 Å². The van der Waals surface area contributed by atoms with Crippen LogP contribution >= 0.6 is 23.2 Å². The van der Waals surface area contributed by atoms with Crippen LogP contribution in [0.1, 0.15) is 36.5 Å². The Bertz CT molecular complexity index is 1120. The first kappa shape index (κ1) is 27.6. The second kappa shape index (κ2) is 13.9. The second-order valence-electron chi connectivity index (χ2n) is 8.60. The fourth-order valence-electron chi connectivity index (χ4n) is 3.93. The average molecular weight is 527 g/mol. The maximum Gasteiger partial charge on any atom is 0.243 e. The molecule has 0 spiro atoms. The Hall–Kier alpha value is -3.02. The van der Waals surface area contributed by atoms with Crippen molar-refractivity contribution in [2.24, 2.45) is 0 Å². The van der Waals surface area contributed by atoms with E-state index in [-0.39, 0.29) is 24.8 Å². The maximum absolute atomic E-state index is 13.8. The van der Waals surface area contributed by atoms with Gasteiger partial charge in [0.1, 0.15) is 11.8 Å². The molecule has 0 bridgehead atoms. The van der Waals surface area contributed by atoms with Gasteiger partial charge in [-0.2, -0.15) is 0 Å². The van der Waals surface area contributed by atoms with Crippen LogP contribution in [0.3, 0.4) is 0 Å². The number of ether oxygens (including phenoxy) is 1. The molecule has 36 heavy (non-hydrogen) atoms. The molecule has 0 aliphatic heterocycles. The molecule has 0 unspecified atom stereocenters. The summed E-state index contributed by atoms with van der Waals surface area (Å²) in [5, 5.41) is 3.92. The molecule has 0 heterocycles. The molecule has 190 valence electrons. The summed E-state index contributed by atoms with van der Waals surface area (Å²) >= 11 is 13.0. The van der Waals surface area contributed by atoms with E-state index in [9.17, 15) is 9.59 Å². The van der Waals surface area contributed by atoms with E-state index in [4.69, 9.17) is 27.9 Å². The Morgan fingerprint density at radius 2 is 1.58 bits per heavy atom. The van der Waals surface area contributed by atoms with Gasteiger partial charge in [-0.1, -0.05) is 85.1 Å². The minimum atomic E-state index is -0.734. The third-order valence-corrected chi connectivity index (χ3v) is 6.71. The number of amides is 2. The number of benzene rings is 3. The van der Waals surface area contributed by atoms with Crippen LogP contribution < -0.4 is 10.1 Å². The monoisotopic (exact) mass is 526 g/mol.